The quantitative estimate of drug-likeness (QED) is 0.633. The lowest BCUT2D eigenvalue weighted by molar-refractivity contribution is 0.545. The predicted molar refractivity (Wildman–Crippen MR) is 52.1 cm³/mol. The maximum absolute atomic E-state index is 13.5. The lowest BCUT2D eigenvalue weighted by atomic mass is 9.93. The number of hydrogen-bond acceptors (Lipinski definition) is 2. The van der Waals surface area contributed by atoms with Gasteiger partial charge in [0.15, 0.2) is 0 Å². The van der Waals surface area contributed by atoms with Crippen LogP contribution in [0.4, 0.5) is 4.39 Å². The Morgan fingerprint density at radius 2 is 2.21 bits per heavy atom. The number of hydrogen-bond donors (Lipinski definition) is 1. The average molecular weight is 190 g/mol. The molecule has 2 nitrogen and oxygen atoms in total. The molecule has 3 heterocycles. The maximum Gasteiger partial charge on any atom is 0.220 e. The number of rotatable bonds is 0. The van der Waals surface area contributed by atoms with E-state index >= 15 is 0 Å². The zero-order valence-corrected chi connectivity index (χ0v) is 7.76. The van der Waals surface area contributed by atoms with E-state index in [0.717, 1.165) is 24.0 Å². The van der Waals surface area contributed by atoms with E-state index in [2.05, 4.69) is 16.9 Å². The highest BCUT2D eigenvalue weighted by Crippen LogP contribution is 2.41. The molecular formula is C11H11FN2. The lowest BCUT2D eigenvalue weighted by Gasteiger charge is -2.26. The normalized spacial score (nSPS) is 29.1. The van der Waals surface area contributed by atoms with Crippen molar-refractivity contribution in [1.29, 1.82) is 0 Å². The third-order valence-electron chi connectivity index (χ3n) is 3.20. The van der Waals surface area contributed by atoms with Gasteiger partial charge in [0, 0.05) is 23.8 Å². The van der Waals surface area contributed by atoms with Crippen molar-refractivity contribution in [1.82, 2.24) is 10.3 Å². The summed E-state index contributed by atoms with van der Waals surface area (Å²) in [6.45, 7) is 3.95. The Hall–Kier alpha value is -1.22. The Morgan fingerprint density at radius 3 is 3.07 bits per heavy atom. The summed E-state index contributed by atoms with van der Waals surface area (Å²) >= 11 is 0. The van der Waals surface area contributed by atoms with Gasteiger partial charge in [0.2, 0.25) is 5.95 Å². The first-order chi connectivity index (χ1) is 6.77. The molecule has 3 rings (SSSR count). The van der Waals surface area contributed by atoms with E-state index in [4.69, 9.17) is 0 Å². The van der Waals surface area contributed by atoms with Crippen LogP contribution in [-0.2, 0) is 0 Å². The molecule has 2 atom stereocenters. The summed E-state index contributed by atoms with van der Waals surface area (Å²) < 4.78 is 13.5. The van der Waals surface area contributed by atoms with Crippen molar-refractivity contribution in [2.24, 2.45) is 0 Å². The Balaban J connectivity index is 2.26. The molecule has 0 aliphatic carbocycles. The molecule has 0 amide bonds. The molecule has 1 aromatic heterocycles. The van der Waals surface area contributed by atoms with Gasteiger partial charge in [0.25, 0.3) is 0 Å². The monoisotopic (exact) mass is 190 g/mol. The van der Waals surface area contributed by atoms with Gasteiger partial charge >= 0.3 is 0 Å². The Kier molecular flexibility index (Phi) is 1.53. The van der Waals surface area contributed by atoms with Crippen LogP contribution in [0.1, 0.15) is 30.0 Å². The summed E-state index contributed by atoms with van der Waals surface area (Å²) in [4.78, 5) is 3.68. The summed E-state index contributed by atoms with van der Waals surface area (Å²) in [6, 6.07) is 2.45. The van der Waals surface area contributed by atoms with Gasteiger partial charge in [-0.05, 0) is 30.0 Å². The van der Waals surface area contributed by atoms with Crippen LogP contribution >= 0.6 is 0 Å². The summed E-state index contributed by atoms with van der Waals surface area (Å²) in [5.41, 5.74) is 2.54. The van der Waals surface area contributed by atoms with Crippen LogP contribution in [0.3, 0.4) is 0 Å². The summed E-state index contributed by atoms with van der Waals surface area (Å²) in [7, 11) is 0. The van der Waals surface area contributed by atoms with Crippen molar-refractivity contribution in [3.8, 4) is 0 Å². The van der Waals surface area contributed by atoms with Crippen LogP contribution in [0.25, 0.3) is 5.57 Å². The van der Waals surface area contributed by atoms with Gasteiger partial charge < -0.3 is 5.32 Å². The lowest BCUT2D eigenvalue weighted by Crippen LogP contribution is -2.31. The van der Waals surface area contributed by atoms with Gasteiger partial charge in [-0.3, -0.25) is 0 Å². The molecule has 0 aromatic carbocycles. The predicted octanol–water partition coefficient (Wildman–Crippen LogP) is 2.04. The first-order valence-corrected chi connectivity index (χ1v) is 4.87. The van der Waals surface area contributed by atoms with E-state index in [0.29, 0.717) is 11.6 Å². The van der Waals surface area contributed by atoms with Gasteiger partial charge in [-0.15, -0.1) is 0 Å². The number of pyridine rings is 1. The molecule has 0 spiro atoms. The van der Waals surface area contributed by atoms with E-state index in [1.807, 2.05) is 6.07 Å². The van der Waals surface area contributed by atoms with Gasteiger partial charge in [-0.1, -0.05) is 6.58 Å². The number of halogens is 1. The molecule has 0 saturated carbocycles. The molecule has 3 heteroatoms. The second kappa shape index (κ2) is 2.64. The van der Waals surface area contributed by atoms with E-state index in [1.165, 1.54) is 6.20 Å². The van der Waals surface area contributed by atoms with E-state index in [9.17, 15) is 4.39 Å². The van der Waals surface area contributed by atoms with E-state index in [-0.39, 0.29) is 12.0 Å². The fourth-order valence-corrected chi connectivity index (χ4v) is 2.50. The van der Waals surface area contributed by atoms with Gasteiger partial charge in [-0.25, -0.2) is 4.98 Å². The van der Waals surface area contributed by atoms with Crippen LogP contribution < -0.4 is 5.32 Å². The second-order valence-corrected chi connectivity index (χ2v) is 3.94. The molecule has 72 valence electrons. The summed E-state index contributed by atoms with van der Waals surface area (Å²) in [5.74, 6) is -0.370. The molecule has 1 fully saturated rings. The molecule has 2 aliphatic rings. The molecule has 1 saturated heterocycles. The number of aromatic nitrogens is 1. The highest BCUT2D eigenvalue weighted by molar-refractivity contribution is 5.73. The zero-order chi connectivity index (χ0) is 9.71. The zero-order valence-electron chi connectivity index (χ0n) is 7.76. The van der Waals surface area contributed by atoms with Crippen molar-refractivity contribution in [3.05, 3.63) is 35.9 Å². The molecule has 2 aliphatic heterocycles. The van der Waals surface area contributed by atoms with Crippen LogP contribution in [0.15, 0.2) is 18.8 Å². The van der Waals surface area contributed by atoms with Crippen LogP contribution in [0.2, 0.25) is 0 Å². The second-order valence-electron chi connectivity index (χ2n) is 3.94. The standard InChI is InChI=1S/C11H11FN2/c1-6-8-2-3-9(14-8)7-4-5-13-11(12)10(6)7/h4-5,8-9,14H,1-3H2. The topological polar surface area (TPSA) is 24.9 Å². The highest BCUT2D eigenvalue weighted by Gasteiger charge is 2.36. The Morgan fingerprint density at radius 1 is 1.43 bits per heavy atom. The van der Waals surface area contributed by atoms with Crippen molar-refractivity contribution in [3.63, 3.8) is 0 Å². The minimum absolute atomic E-state index is 0.256. The fourth-order valence-electron chi connectivity index (χ4n) is 2.50. The van der Waals surface area contributed by atoms with Crippen LogP contribution in [0, 0.1) is 5.95 Å². The number of fused-ring (bicyclic) bond motifs is 4. The largest absolute Gasteiger partial charge is 0.303 e. The van der Waals surface area contributed by atoms with E-state index in [1.54, 1.807) is 0 Å². The van der Waals surface area contributed by atoms with Crippen molar-refractivity contribution < 1.29 is 4.39 Å². The first kappa shape index (κ1) is 8.12. The Labute approximate surface area is 81.9 Å². The van der Waals surface area contributed by atoms with Crippen LogP contribution in [0.5, 0.6) is 0 Å². The minimum atomic E-state index is -0.370. The number of nitrogens with one attached hydrogen (secondary N) is 1. The molecule has 2 unspecified atom stereocenters. The summed E-state index contributed by atoms with van der Waals surface area (Å²) in [6.07, 6.45) is 3.65. The van der Waals surface area contributed by atoms with Gasteiger partial charge in [-0.2, -0.15) is 4.39 Å². The molecule has 14 heavy (non-hydrogen) atoms. The molecular weight excluding hydrogens is 179 g/mol. The summed E-state index contributed by atoms with van der Waals surface area (Å²) in [5, 5.41) is 3.43. The number of nitrogens with zero attached hydrogens (tertiary/aromatic N) is 1. The highest BCUT2D eigenvalue weighted by atomic mass is 19.1. The minimum Gasteiger partial charge on any atom is -0.303 e. The van der Waals surface area contributed by atoms with Crippen molar-refractivity contribution in [2.45, 2.75) is 24.9 Å². The SMILES string of the molecule is C=C1c2c(ccnc2F)C2CCC1N2. The fraction of sp³-hybridized carbons (Fsp3) is 0.364. The maximum atomic E-state index is 13.5. The molecule has 1 N–H and O–H groups in total. The third kappa shape index (κ3) is 0.904. The molecule has 1 aromatic rings. The third-order valence-corrected chi connectivity index (χ3v) is 3.20. The van der Waals surface area contributed by atoms with Gasteiger partial charge in [0.1, 0.15) is 0 Å². The smallest absolute Gasteiger partial charge is 0.220 e. The van der Waals surface area contributed by atoms with Gasteiger partial charge in [0.05, 0.1) is 0 Å². The van der Waals surface area contributed by atoms with E-state index < -0.39 is 0 Å². The van der Waals surface area contributed by atoms with Crippen LogP contribution in [-0.4, -0.2) is 11.0 Å². The average Bonchev–Trinajstić information content (AvgIpc) is 2.60. The molecule has 2 bridgehead atoms. The molecule has 0 radical (unpaired) electrons. The van der Waals surface area contributed by atoms with Crippen molar-refractivity contribution >= 4 is 5.57 Å². The Bertz CT molecular complexity index is 414. The van der Waals surface area contributed by atoms with Crippen molar-refractivity contribution in [2.75, 3.05) is 0 Å². The first-order valence-electron chi connectivity index (χ1n) is 4.87.